The first-order valence-electron chi connectivity index (χ1n) is 12.3. The number of fused-ring (bicyclic) bond motifs is 1. The van der Waals surface area contributed by atoms with Gasteiger partial charge in [0.15, 0.2) is 0 Å². The summed E-state index contributed by atoms with van der Waals surface area (Å²) in [4.78, 5) is 25.4. The zero-order valence-electron chi connectivity index (χ0n) is 20.4. The van der Waals surface area contributed by atoms with Gasteiger partial charge in [-0.2, -0.15) is 0 Å². The number of ether oxygens (including phenoxy) is 1. The molecule has 0 N–H and O–H groups in total. The topological polar surface area (TPSA) is 48.9 Å². The zero-order valence-corrected chi connectivity index (χ0v) is 20.4. The quantitative estimate of drug-likeness (QED) is 0.568. The third-order valence-corrected chi connectivity index (χ3v) is 7.13. The minimum Gasteiger partial charge on any atom is -0.497 e. The SMILES string of the molecule is COc1ccc(N2CCN(c3cc(C(=O)N4C[C@H](C)C[C@H](C)C4)c4ccccc4n3)CC2)cc1. The lowest BCUT2D eigenvalue weighted by atomic mass is 9.91. The summed E-state index contributed by atoms with van der Waals surface area (Å²) >= 11 is 0. The molecule has 6 heteroatoms. The van der Waals surface area contributed by atoms with Crippen LogP contribution in [0.15, 0.2) is 54.6 Å². The number of anilines is 2. The molecule has 2 saturated heterocycles. The van der Waals surface area contributed by atoms with E-state index in [0.717, 1.165) is 67.3 Å². The van der Waals surface area contributed by atoms with E-state index in [1.54, 1.807) is 7.11 Å². The van der Waals surface area contributed by atoms with Crippen molar-refractivity contribution in [3.63, 3.8) is 0 Å². The monoisotopic (exact) mass is 458 g/mol. The van der Waals surface area contributed by atoms with Gasteiger partial charge in [0.2, 0.25) is 0 Å². The molecule has 0 aliphatic carbocycles. The van der Waals surface area contributed by atoms with Crippen molar-refractivity contribution in [1.29, 1.82) is 0 Å². The van der Waals surface area contributed by atoms with E-state index in [0.29, 0.717) is 11.8 Å². The molecule has 6 nitrogen and oxygen atoms in total. The highest BCUT2D eigenvalue weighted by atomic mass is 16.5. The molecule has 2 aromatic carbocycles. The Bertz CT molecular complexity index is 1140. The van der Waals surface area contributed by atoms with Crippen molar-refractivity contribution in [2.75, 3.05) is 56.2 Å². The summed E-state index contributed by atoms with van der Waals surface area (Å²) in [6, 6.07) is 18.3. The second-order valence-electron chi connectivity index (χ2n) is 9.87. The van der Waals surface area contributed by atoms with Crippen LogP contribution in [0.25, 0.3) is 10.9 Å². The van der Waals surface area contributed by atoms with Crippen molar-refractivity contribution in [1.82, 2.24) is 9.88 Å². The molecule has 2 atom stereocenters. The maximum absolute atomic E-state index is 13.7. The molecule has 2 fully saturated rings. The van der Waals surface area contributed by atoms with E-state index in [1.807, 2.05) is 47.4 Å². The molecule has 0 unspecified atom stereocenters. The molecule has 34 heavy (non-hydrogen) atoms. The molecule has 3 heterocycles. The molecule has 0 bridgehead atoms. The van der Waals surface area contributed by atoms with Crippen LogP contribution >= 0.6 is 0 Å². The normalized spacial score (nSPS) is 21.1. The predicted molar refractivity (Wildman–Crippen MR) is 138 cm³/mol. The molecular weight excluding hydrogens is 424 g/mol. The molecule has 1 amide bonds. The van der Waals surface area contributed by atoms with E-state index in [-0.39, 0.29) is 5.91 Å². The number of hydrogen-bond acceptors (Lipinski definition) is 5. The van der Waals surface area contributed by atoms with Crippen LogP contribution in [0.1, 0.15) is 30.6 Å². The average Bonchev–Trinajstić information content (AvgIpc) is 2.87. The molecule has 0 spiro atoms. The molecule has 0 saturated carbocycles. The standard InChI is InChI=1S/C28H34N4O2/c1-20-16-21(2)19-32(18-20)28(33)25-17-27(29-26-7-5-4-6-24(25)26)31-14-12-30(13-15-31)22-8-10-23(34-3)11-9-22/h4-11,17,20-21H,12-16,18-19H2,1-3H3/t20-,21+. The lowest BCUT2D eigenvalue weighted by molar-refractivity contribution is 0.0625. The van der Waals surface area contributed by atoms with Gasteiger partial charge in [-0.15, -0.1) is 0 Å². The Hall–Kier alpha value is -3.28. The molecule has 1 aromatic heterocycles. The lowest BCUT2D eigenvalue weighted by Crippen LogP contribution is -2.47. The smallest absolute Gasteiger partial charge is 0.254 e. The van der Waals surface area contributed by atoms with Gasteiger partial charge in [0.05, 0.1) is 18.2 Å². The van der Waals surface area contributed by atoms with Gasteiger partial charge in [-0.25, -0.2) is 4.98 Å². The Morgan fingerprint density at radius 1 is 0.912 bits per heavy atom. The number of piperazine rings is 1. The van der Waals surface area contributed by atoms with Crippen molar-refractivity contribution in [2.45, 2.75) is 20.3 Å². The van der Waals surface area contributed by atoms with Gasteiger partial charge in [0, 0.05) is 50.3 Å². The third kappa shape index (κ3) is 4.54. The van der Waals surface area contributed by atoms with Crippen LogP contribution in [0.3, 0.4) is 0 Å². The van der Waals surface area contributed by atoms with E-state index in [4.69, 9.17) is 9.72 Å². The number of rotatable bonds is 4. The number of carbonyl (C=O) groups excluding carboxylic acids is 1. The Morgan fingerprint density at radius 2 is 1.56 bits per heavy atom. The number of benzene rings is 2. The fourth-order valence-corrected chi connectivity index (χ4v) is 5.49. The molecule has 3 aromatic rings. The minimum atomic E-state index is 0.134. The van der Waals surface area contributed by atoms with E-state index in [1.165, 1.54) is 12.1 Å². The van der Waals surface area contributed by atoms with Gasteiger partial charge in [-0.3, -0.25) is 4.79 Å². The van der Waals surface area contributed by atoms with Crippen LogP contribution in [-0.2, 0) is 0 Å². The number of carbonyl (C=O) groups is 1. The van der Waals surface area contributed by atoms with Crippen molar-refractivity contribution in [2.24, 2.45) is 11.8 Å². The highest BCUT2D eigenvalue weighted by Crippen LogP contribution is 2.29. The number of para-hydroxylation sites is 1. The van der Waals surface area contributed by atoms with Gasteiger partial charge in [-0.05, 0) is 54.7 Å². The Labute approximate surface area is 202 Å². The molecule has 0 radical (unpaired) electrons. The zero-order chi connectivity index (χ0) is 23.7. The summed E-state index contributed by atoms with van der Waals surface area (Å²) in [6.07, 6.45) is 1.19. The average molecular weight is 459 g/mol. The number of pyridine rings is 1. The summed E-state index contributed by atoms with van der Waals surface area (Å²) in [5, 5.41) is 0.944. The third-order valence-electron chi connectivity index (χ3n) is 7.13. The molecule has 178 valence electrons. The van der Waals surface area contributed by atoms with Gasteiger partial charge >= 0.3 is 0 Å². The first kappa shape index (κ1) is 22.5. The predicted octanol–water partition coefficient (Wildman–Crippen LogP) is 4.69. The summed E-state index contributed by atoms with van der Waals surface area (Å²) in [5.74, 6) is 2.97. The van der Waals surface area contributed by atoms with Crippen molar-refractivity contribution in [3.05, 3.63) is 60.2 Å². The highest BCUT2D eigenvalue weighted by Gasteiger charge is 2.28. The van der Waals surface area contributed by atoms with E-state index in [9.17, 15) is 4.79 Å². The van der Waals surface area contributed by atoms with Gasteiger partial charge in [0.1, 0.15) is 11.6 Å². The Kier molecular flexibility index (Phi) is 6.31. The minimum absolute atomic E-state index is 0.134. The summed E-state index contributed by atoms with van der Waals surface area (Å²) in [5.41, 5.74) is 2.87. The van der Waals surface area contributed by atoms with Crippen molar-refractivity contribution in [3.8, 4) is 5.75 Å². The number of methoxy groups -OCH3 is 1. The maximum atomic E-state index is 13.7. The number of nitrogens with zero attached hydrogens (tertiary/aromatic N) is 4. The molecule has 2 aliphatic rings. The van der Waals surface area contributed by atoms with Crippen LogP contribution in [-0.4, -0.2) is 62.2 Å². The summed E-state index contributed by atoms with van der Waals surface area (Å²) in [6.45, 7) is 9.69. The highest BCUT2D eigenvalue weighted by molar-refractivity contribution is 6.07. The van der Waals surface area contributed by atoms with Crippen molar-refractivity contribution < 1.29 is 9.53 Å². The van der Waals surface area contributed by atoms with E-state index >= 15 is 0 Å². The van der Waals surface area contributed by atoms with Gasteiger partial charge < -0.3 is 19.4 Å². The first-order chi connectivity index (χ1) is 16.5. The van der Waals surface area contributed by atoms with Gasteiger partial charge in [-0.1, -0.05) is 32.0 Å². The van der Waals surface area contributed by atoms with Crippen LogP contribution in [0, 0.1) is 11.8 Å². The fraction of sp³-hybridized carbons (Fsp3) is 0.429. The Balaban J connectivity index is 1.38. The van der Waals surface area contributed by atoms with E-state index in [2.05, 4.69) is 35.8 Å². The number of aromatic nitrogens is 1. The second kappa shape index (κ2) is 9.53. The first-order valence-corrected chi connectivity index (χ1v) is 12.3. The number of hydrogen-bond donors (Lipinski definition) is 0. The van der Waals surface area contributed by atoms with Crippen LogP contribution < -0.4 is 14.5 Å². The fourth-order valence-electron chi connectivity index (χ4n) is 5.49. The summed E-state index contributed by atoms with van der Waals surface area (Å²) < 4.78 is 5.29. The van der Waals surface area contributed by atoms with Crippen LogP contribution in [0.2, 0.25) is 0 Å². The Morgan fingerprint density at radius 3 is 2.24 bits per heavy atom. The second-order valence-corrected chi connectivity index (χ2v) is 9.87. The lowest BCUT2D eigenvalue weighted by Gasteiger charge is -2.37. The number of likely N-dealkylation sites (tertiary alicyclic amines) is 1. The summed E-state index contributed by atoms with van der Waals surface area (Å²) in [7, 11) is 1.69. The van der Waals surface area contributed by atoms with Crippen molar-refractivity contribution >= 4 is 28.3 Å². The van der Waals surface area contributed by atoms with E-state index < -0.39 is 0 Å². The molecule has 5 rings (SSSR count). The maximum Gasteiger partial charge on any atom is 0.254 e. The largest absolute Gasteiger partial charge is 0.497 e. The number of amides is 1. The van der Waals surface area contributed by atoms with Gasteiger partial charge in [0.25, 0.3) is 5.91 Å². The number of piperidine rings is 1. The van der Waals surface area contributed by atoms with Crippen LogP contribution in [0.5, 0.6) is 5.75 Å². The molecular formula is C28H34N4O2. The molecule has 2 aliphatic heterocycles. The van der Waals surface area contributed by atoms with Crippen LogP contribution in [0.4, 0.5) is 11.5 Å².